The summed E-state index contributed by atoms with van der Waals surface area (Å²) >= 11 is 0. The van der Waals surface area contributed by atoms with Gasteiger partial charge in [0.2, 0.25) is 0 Å². The third kappa shape index (κ3) is 4.29. The minimum atomic E-state index is 0.963. The predicted molar refractivity (Wildman–Crippen MR) is 45.2 cm³/mol. The summed E-state index contributed by atoms with van der Waals surface area (Å²) in [5.41, 5.74) is 0. The Morgan fingerprint density at radius 1 is 1.38 bits per heavy atom. The molecule has 0 aliphatic carbocycles. The van der Waals surface area contributed by atoms with Crippen molar-refractivity contribution in [3.8, 4) is 0 Å². The molecule has 0 rings (SSSR count). The fourth-order valence-corrected chi connectivity index (χ4v) is 1.13. The van der Waals surface area contributed by atoms with Crippen LogP contribution in [0.3, 0.4) is 0 Å². The fraction of sp³-hybridized carbons (Fsp3) is 1.00. The standard InChI is InChI=1S/C6H16B2/c1-2-3-6(8)4-5-7/h6H,2-5,7-8H2,1H3. The Labute approximate surface area is 54.9 Å². The van der Waals surface area contributed by atoms with Crippen molar-refractivity contribution in [2.24, 2.45) is 0 Å². The second-order valence-electron chi connectivity index (χ2n) is 2.68. The molecular weight excluding hydrogens is 93.7 g/mol. The minimum Gasteiger partial charge on any atom is -0.0815 e. The molecule has 0 aliphatic heterocycles. The second-order valence-corrected chi connectivity index (χ2v) is 2.68. The quantitative estimate of drug-likeness (QED) is 0.466. The van der Waals surface area contributed by atoms with Gasteiger partial charge in [-0.05, 0) is 0 Å². The Hall–Kier alpha value is 0.130. The summed E-state index contributed by atoms with van der Waals surface area (Å²) < 4.78 is 0. The average molecular weight is 110 g/mol. The molecule has 0 saturated heterocycles. The van der Waals surface area contributed by atoms with Crippen LogP contribution < -0.4 is 0 Å². The lowest BCUT2D eigenvalue weighted by Crippen LogP contribution is -1.90. The van der Waals surface area contributed by atoms with E-state index in [0.29, 0.717) is 0 Å². The van der Waals surface area contributed by atoms with E-state index in [1.54, 1.807) is 0 Å². The molecule has 46 valence electrons. The Morgan fingerprint density at radius 2 is 2.00 bits per heavy atom. The van der Waals surface area contributed by atoms with Gasteiger partial charge in [-0.2, -0.15) is 0 Å². The molecule has 0 saturated carbocycles. The molecule has 1 atom stereocenters. The van der Waals surface area contributed by atoms with Gasteiger partial charge in [0.1, 0.15) is 15.7 Å². The molecule has 8 heavy (non-hydrogen) atoms. The largest absolute Gasteiger partial charge is 0.105 e. The molecule has 0 fully saturated rings. The highest BCUT2D eigenvalue weighted by Gasteiger charge is 1.96. The maximum atomic E-state index is 2.34. The highest BCUT2D eigenvalue weighted by molar-refractivity contribution is 6.13. The van der Waals surface area contributed by atoms with E-state index in [1.807, 2.05) is 0 Å². The summed E-state index contributed by atoms with van der Waals surface area (Å²) in [4.78, 5) is 0. The third-order valence-corrected chi connectivity index (χ3v) is 1.56. The lowest BCUT2D eigenvalue weighted by Gasteiger charge is -2.05. The van der Waals surface area contributed by atoms with Crippen LogP contribution in [0.2, 0.25) is 12.1 Å². The first-order valence-electron chi connectivity index (χ1n) is 3.81. The van der Waals surface area contributed by atoms with Crippen LogP contribution in [0, 0.1) is 0 Å². The summed E-state index contributed by atoms with van der Waals surface area (Å²) in [6, 6.07) is 0. The number of hydrogen-bond acceptors (Lipinski definition) is 0. The highest BCUT2D eigenvalue weighted by atomic mass is 13.9. The molecule has 0 aliphatic rings. The molecule has 0 bridgehead atoms. The highest BCUT2D eigenvalue weighted by Crippen LogP contribution is 2.13. The molecule has 0 aromatic heterocycles. The first-order chi connectivity index (χ1) is 3.81. The molecular formula is C6H16B2. The van der Waals surface area contributed by atoms with Crippen molar-refractivity contribution < 1.29 is 0 Å². The Balaban J connectivity index is 2.92. The van der Waals surface area contributed by atoms with E-state index in [2.05, 4.69) is 22.6 Å². The van der Waals surface area contributed by atoms with E-state index in [1.165, 1.54) is 25.6 Å². The second kappa shape index (κ2) is 5.27. The average Bonchev–Trinajstić information content (AvgIpc) is 1.68. The minimum absolute atomic E-state index is 0.963. The van der Waals surface area contributed by atoms with Gasteiger partial charge in [-0.25, -0.2) is 0 Å². The van der Waals surface area contributed by atoms with E-state index in [-0.39, 0.29) is 0 Å². The molecule has 0 spiro atoms. The molecule has 0 radical (unpaired) electrons. The van der Waals surface area contributed by atoms with Gasteiger partial charge in [0.05, 0.1) is 0 Å². The smallest absolute Gasteiger partial charge is 0.0815 e. The summed E-state index contributed by atoms with van der Waals surface area (Å²) in [5, 5.41) is 0. The van der Waals surface area contributed by atoms with Gasteiger partial charge in [0, 0.05) is 0 Å². The van der Waals surface area contributed by atoms with Crippen LogP contribution in [0.15, 0.2) is 0 Å². The molecule has 0 aromatic carbocycles. The van der Waals surface area contributed by atoms with Crippen molar-refractivity contribution in [1.82, 2.24) is 0 Å². The Kier molecular flexibility index (Phi) is 5.36. The van der Waals surface area contributed by atoms with Crippen LogP contribution in [0.5, 0.6) is 0 Å². The molecule has 1 unspecified atom stereocenters. The Bertz CT molecular complexity index is 39.8. The zero-order valence-electron chi connectivity index (χ0n) is 6.41. The topological polar surface area (TPSA) is 0 Å². The van der Waals surface area contributed by atoms with Gasteiger partial charge in [-0.3, -0.25) is 0 Å². The van der Waals surface area contributed by atoms with E-state index in [0.717, 1.165) is 5.82 Å². The maximum absolute atomic E-state index is 2.34. The summed E-state index contributed by atoms with van der Waals surface area (Å²) in [7, 11) is 4.60. The van der Waals surface area contributed by atoms with E-state index >= 15 is 0 Å². The summed E-state index contributed by atoms with van der Waals surface area (Å²) in [5.74, 6) is 0.963. The predicted octanol–water partition coefficient (Wildman–Crippen LogP) is 0.650. The first kappa shape index (κ1) is 8.13. The fourth-order valence-electron chi connectivity index (χ4n) is 1.13. The van der Waals surface area contributed by atoms with Crippen LogP contribution >= 0.6 is 0 Å². The van der Waals surface area contributed by atoms with Gasteiger partial charge in [-0.15, -0.1) is 0 Å². The van der Waals surface area contributed by atoms with Gasteiger partial charge in [0.25, 0.3) is 0 Å². The molecule has 0 heterocycles. The molecule has 0 aromatic rings. The van der Waals surface area contributed by atoms with Gasteiger partial charge < -0.3 is 0 Å². The third-order valence-electron chi connectivity index (χ3n) is 1.56. The molecule has 2 heteroatoms. The maximum Gasteiger partial charge on any atom is 0.105 e. The normalized spacial score (nSPS) is 13.6. The zero-order valence-corrected chi connectivity index (χ0v) is 6.41. The monoisotopic (exact) mass is 110 g/mol. The van der Waals surface area contributed by atoms with Crippen molar-refractivity contribution in [2.75, 3.05) is 0 Å². The summed E-state index contributed by atoms with van der Waals surface area (Å²) in [6.45, 7) is 2.26. The summed E-state index contributed by atoms with van der Waals surface area (Å²) in [6.07, 6.45) is 5.52. The van der Waals surface area contributed by atoms with E-state index < -0.39 is 0 Å². The van der Waals surface area contributed by atoms with Crippen molar-refractivity contribution >= 4 is 15.7 Å². The van der Waals surface area contributed by atoms with Crippen LogP contribution in [0.4, 0.5) is 0 Å². The van der Waals surface area contributed by atoms with Crippen molar-refractivity contribution in [1.29, 1.82) is 0 Å². The lowest BCUT2D eigenvalue weighted by atomic mass is 9.77. The Morgan fingerprint density at radius 3 is 2.38 bits per heavy atom. The van der Waals surface area contributed by atoms with E-state index in [4.69, 9.17) is 0 Å². The molecule has 0 nitrogen and oxygen atoms in total. The van der Waals surface area contributed by atoms with Gasteiger partial charge in [-0.1, -0.05) is 38.3 Å². The number of hydrogen-bond donors (Lipinski definition) is 0. The SMILES string of the molecule is BCCC(B)CCC. The number of rotatable bonds is 4. The van der Waals surface area contributed by atoms with Crippen molar-refractivity contribution in [3.63, 3.8) is 0 Å². The molecule has 0 N–H and O–H groups in total. The van der Waals surface area contributed by atoms with Gasteiger partial charge >= 0.3 is 0 Å². The van der Waals surface area contributed by atoms with Crippen molar-refractivity contribution in [2.45, 2.75) is 38.3 Å². The van der Waals surface area contributed by atoms with Crippen LogP contribution in [-0.2, 0) is 0 Å². The van der Waals surface area contributed by atoms with Crippen molar-refractivity contribution in [3.05, 3.63) is 0 Å². The van der Waals surface area contributed by atoms with Crippen LogP contribution in [0.1, 0.15) is 26.2 Å². The first-order valence-corrected chi connectivity index (χ1v) is 3.81. The lowest BCUT2D eigenvalue weighted by molar-refractivity contribution is 0.699. The van der Waals surface area contributed by atoms with Gasteiger partial charge in [0.15, 0.2) is 0 Å². The van der Waals surface area contributed by atoms with E-state index in [9.17, 15) is 0 Å². The zero-order chi connectivity index (χ0) is 6.41. The molecule has 0 amide bonds. The van der Waals surface area contributed by atoms with Crippen LogP contribution in [-0.4, -0.2) is 15.7 Å². The van der Waals surface area contributed by atoms with Crippen LogP contribution in [0.25, 0.3) is 0 Å².